The van der Waals surface area contributed by atoms with Gasteiger partial charge in [0.1, 0.15) is 5.38 Å². The van der Waals surface area contributed by atoms with E-state index in [-0.39, 0.29) is 23.8 Å². The minimum atomic E-state index is -0.793. The highest BCUT2D eigenvalue weighted by Gasteiger charge is 2.51. The van der Waals surface area contributed by atoms with E-state index in [0.717, 1.165) is 5.56 Å². The molecule has 3 aromatic rings. The molecule has 3 unspecified atom stereocenters. The van der Waals surface area contributed by atoms with Crippen LogP contribution >= 0.6 is 23.2 Å². The predicted octanol–water partition coefficient (Wildman–Crippen LogP) is 4.20. The zero-order valence-corrected chi connectivity index (χ0v) is 18.3. The number of benzene rings is 2. The molecule has 3 atom stereocenters. The van der Waals surface area contributed by atoms with Crippen molar-refractivity contribution in [1.29, 1.82) is 0 Å². The van der Waals surface area contributed by atoms with Gasteiger partial charge in [0.25, 0.3) is 5.91 Å². The van der Waals surface area contributed by atoms with Crippen molar-refractivity contribution in [3.05, 3.63) is 82.3 Å². The van der Waals surface area contributed by atoms with E-state index in [1.165, 1.54) is 4.90 Å². The Morgan fingerprint density at radius 1 is 1.03 bits per heavy atom. The number of carbonyl (C=O) groups is 2. The summed E-state index contributed by atoms with van der Waals surface area (Å²) >= 11 is 12.6. The minimum absolute atomic E-state index is 0.0100. The average molecular weight is 470 g/mol. The highest BCUT2D eigenvalue weighted by atomic mass is 35.5. The number of aromatic nitrogens is 2. The van der Waals surface area contributed by atoms with Crippen LogP contribution in [0.3, 0.4) is 0 Å². The number of alkyl halides is 1. The van der Waals surface area contributed by atoms with Crippen molar-refractivity contribution in [2.75, 3.05) is 4.90 Å². The van der Waals surface area contributed by atoms with E-state index in [9.17, 15) is 9.59 Å². The number of carbonyl (C=O) groups excluding carboxylic acids is 2. The lowest BCUT2D eigenvalue weighted by molar-refractivity contribution is -0.124. The summed E-state index contributed by atoms with van der Waals surface area (Å²) in [5.74, 6) is -0.172. The molecule has 0 radical (unpaired) electrons. The van der Waals surface area contributed by atoms with Gasteiger partial charge in [-0.05, 0) is 24.1 Å². The monoisotopic (exact) mass is 469 g/mol. The number of β-lactam (4-membered cyclic amide) rings is 1. The molecule has 1 saturated heterocycles. The number of nitrogens with one attached hydrogen (secondary N) is 2. The van der Waals surface area contributed by atoms with Gasteiger partial charge in [-0.1, -0.05) is 65.2 Å². The molecule has 10 heteroatoms. The summed E-state index contributed by atoms with van der Waals surface area (Å²) in [4.78, 5) is 26.0. The van der Waals surface area contributed by atoms with Crippen molar-refractivity contribution < 1.29 is 14.0 Å². The average Bonchev–Trinajstić information content (AvgIpc) is 3.26. The summed E-state index contributed by atoms with van der Waals surface area (Å²) in [5.41, 5.74) is 2.73. The highest BCUT2D eigenvalue weighted by molar-refractivity contribution is 6.38. The van der Waals surface area contributed by atoms with Crippen molar-refractivity contribution in [2.24, 2.45) is 0 Å². The zero-order chi connectivity index (χ0) is 22.4. The van der Waals surface area contributed by atoms with E-state index >= 15 is 0 Å². The van der Waals surface area contributed by atoms with E-state index < -0.39 is 17.5 Å². The maximum absolute atomic E-state index is 12.6. The van der Waals surface area contributed by atoms with Gasteiger partial charge < -0.3 is 15.1 Å². The van der Waals surface area contributed by atoms with Gasteiger partial charge in [0.15, 0.2) is 0 Å². The van der Waals surface area contributed by atoms with Gasteiger partial charge in [-0.2, -0.15) is 0 Å². The van der Waals surface area contributed by atoms with Gasteiger partial charge in [0.2, 0.25) is 5.89 Å². The lowest BCUT2D eigenvalue weighted by Crippen LogP contribution is -2.56. The largest absolute Gasteiger partial charge is 0.403 e. The molecule has 8 nitrogen and oxygen atoms in total. The highest BCUT2D eigenvalue weighted by Crippen LogP contribution is 2.44. The molecule has 3 amide bonds. The van der Waals surface area contributed by atoms with Crippen LogP contribution in [0.5, 0.6) is 0 Å². The molecular formula is C22H17Cl2N5O3. The second-order valence-corrected chi connectivity index (χ2v) is 8.32. The second kappa shape index (κ2) is 7.96. The minimum Gasteiger partial charge on any atom is -0.403 e. The van der Waals surface area contributed by atoms with Crippen LogP contribution in [-0.2, 0) is 4.79 Å². The standard InChI is InChI=1S/C22H17Cl2N5O3/c1-11-15(17(26-21(31)25-11)12-7-3-2-4-8-12)19-27-28-22(32-19)29-18(16(24)20(29)30)13-9-5-6-10-14(13)23/h2-10,16-18H,1H3,(H2,25,26,31). The lowest BCUT2D eigenvalue weighted by atomic mass is 9.94. The Morgan fingerprint density at radius 3 is 2.50 bits per heavy atom. The molecule has 0 bridgehead atoms. The van der Waals surface area contributed by atoms with Crippen LogP contribution in [0.2, 0.25) is 5.02 Å². The van der Waals surface area contributed by atoms with Crippen LogP contribution in [0.4, 0.5) is 10.8 Å². The van der Waals surface area contributed by atoms with Crippen LogP contribution in [0.25, 0.3) is 5.57 Å². The number of rotatable bonds is 4. The second-order valence-electron chi connectivity index (χ2n) is 7.45. The first-order valence-corrected chi connectivity index (χ1v) is 10.7. The number of hydrogen-bond acceptors (Lipinski definition) is 5. The molecule has 5 rings (SSSR count). The smallest absolute Gasteiger partial charge is 0.325 e. The normalized spacial score (nSPS) is 23.0. The van der Waals surface area contributed by atoms with Crippen molar-refractivity contribution in [1.82, 2.24) is 20.8 Å². The quantitative estimate of drug-likeness (QED) is 0.440. The molecule has 2 aromatic carbocycles. The third-order valence-corrected chi connectivity index (χ3v) is 6.28. The summed E-state index contributed by atoms with van der Waals surface area (Å²) in [6, 6.07) is 15.2. The molecule has 0 spiro atoms. The Morgan fingerprint density at radius 2 is 1.75 bits per heavy atom. The number of halogens is 2. The number of hydrogen-bond donors (Lipinski definition) is 2. The molecule has 2 aliphatic rings. The molecular weight excluding hydrogens is 453 g/mol. The summed E-state index contributed by atoms with van der Waals surface area (Å²) in [6.07, 6.45) is 0. The summed E-state index contributed by atoms with van der Waals surface area (Å²) < 4.78 is 5.93. The molecule has 2 N–H and O–H groups in total. The molecule has 1 aromatic heterocycles. The zero-order valence-electron chi connectivity index (χ0n) is 16.8. The maximum Gasteiger partial charge on any atom is 0.325 e. The van der Waals surface area contributed by atoms with Crippen LogP contribution in [0, 0.1) is 0 Å². The topological polar surface area (TPSA) is 100 Å². The molecule has 0 saturated carbocycles. The Kier molecular flexibility index (Phi) is 5.11. The van der Waals surface area contributed by atoms with E-state index in [1.807, 2.05) is 36.4 Å². The van der Waals surface area contributed by atoms with Crippen molar-refractivity contribution in [3.8, 4) is 0 Å². The Bertz CT molecular complexity index is 1240. The number of anilines is 1. The molecule has 3 heterocycles. The molecule has 0 aliphatic carbocycles. The van der Waals surface area contributed by atoms with Gasteiger partial charge in [-0.3, -0.25) is 9.69 Å². The van der Waals surface area contributed by atoms with Gasteiger partial charge in [-0.15, -0.1) is 16.7 Å². The molecule has 2 aliphatic heterocycles. The molecule has 1 fully saturated rings. The SMILES string of the molecule is CC1=C(c2nnc(N3C(=O)C(Cl)C3c3ccccc3Cl)o2)C(c2ccccc2)NC(=O)N1. The third kappa shape index (κ3) is 3.32. The summed E-state index contributed by atoms with van der Waals surface area (Å²) in [7, 11) is 0. The van der Waals surface area contributed by atoms with Crippen LogP contribution in [-0.4, -0.2) is 27.5 Å². The fraction of sp³-hybridized carbons (Fsp3) is 0.182. The number of nitrogens with zero attached hydrogens (tertiary/aromatic N) is 3. The number of amides is 3. The summed E-state index contributed by atoms with van der Waals surface area (Å²) in [5, 5.41) is 13.6. The first-order valence-electron chi connectivity index (χ1n) is 9.84. The first kappa shape index (κ1) is 20.5. The number of allylic oxidation sites excluding steroid dienone is 1. The van der Waals surface area contributed by atoms with Gasteiger partial charge in [-0.25, -0.2) is 4.79 Å². The Balaban J connectivity index is 1.52. The van der Waals surface area contributed by atoms with E-state index in [1.54, 1.807) is 25.1 Å². The Hall–Kier alpha value is -3.36. The fourth-order valence-corrected chi connectivity index (χ4v) is 4.57. The van der Waals surface area contributed by atoms with E-state index in [0.29, 0.717) is 21.9 Å². The summed E-state index contributed by atoms with van der Waals surface area (Å²) in [6.45, 7) is 1.75. The van der Waals surface area contributed by atoms with Crippen LogP contribution in [0.15, 0.2) is 64.7 Å². The van der Waals surface area contributed by atoms with Crippen LogP contribution < -0.4 is 15.5 Å². The van der Waals surface area contributed by atoms with Crippen molar-refractivity contribution in [3.63, 3.8) is 0 Å². The van der Waals surface area contributed by atoms with Gasteiger partial charge in [0.05, 0.1) is 17.7 Å². The lowest BCUT2D eigenvalue weighted by Gasteiger charge is -2.41. The number of urea groups is 1. The van der Waals surface area contributed by atoms with Crippen LogP contribution in [0.1, 0.15) is 36.0 Å². The van der Waals surface area contributed by atoms with E-state index in [2.05, 4.69) is 20.8 Å². The predicted molar refractivity (Wildman–Crippen MR) is 119 cm³/mol. The third-order valence-electron chi connectivity index (χ3n) is 5.51. The fourth-order valence-electron chi connectivity index (χ4n) is 3.97. The van der Waals surface area contributed by atoms with Gasteiger partial charge in [0, 0.05) is 10.7 Å². The molecule has 162 valence electrons. The Labute approximate surface area is 193 Å². The van der Waals surface area contributed by atoms with E-state index in [4.69, 9.17) is 27.6 Å². The first-order chi connectivity index (χ1) is 15.5. The van der Waals surface area contributed by atoms with Gasteiger partial charge >= 0.3 is 12.0 Å². The maximum atomic E-state index is 12.6. The van der Waals surface area contributed by atoms with Crippen molar-refractivity contribution >= 4 is 46.7 Å². The van der Waals surface area contributed by atoms with Crippen molar-refractivity contribution in [2.45, 2.75) is 24.4 Å². The molecule has 32 heavy (non-hydrogen) atoms.